The van der Waals surface area contributed by atoms with Crippen LogP contribution in [0.1, 0.15) is 48.4 Å². The average Bonchev–Trinajstić information content (AvgIpc) is 3.37. The minimum absolute atomic E-state index is 0.0597. The van der Waals surface area contributed by atoms with E-state index in [2.05, 4.69) is 25.8 Å². The molecule has 1 aliphatic heterocycles. The van der Waals surface area contributed by atoms with Crippen molar-refractivity contribution in [2.75, 3.05) is 44.0 Å². The SMILES string of the molecule is CCc1nc(C(N)=O)c(Nc2cc(CCNC(=O)C(C)NC)cc(OC)c2)nc1N1CCCC1. The van der Waals surface area contributed by atoms with Crippen molar-refractivity contribution in [2.45, 2.75) is 45.6 Å². The highest BCUT2D eigenvalue weighted by molar-refractivity contribution is 5.96. The Morgan fingerprint density at radius 1 is 1.21 bits per heavy atom. The van der Waals surface area contributed by atoms with Crippen molar-refractivity contribution in [1.29, 1.82) is 0 Å². The maximum atomic E-state index is 12.2. The number of anilines is 3. The van der Waals surface area contributed by atoms with Gasteiger partial charge in [0, 0.05) is 31.4 Å². The molecule has 2 aromatic rings. The third kappa shape index (κ3) is 6.13. The Balaban J connectivity index is 1.87. The van der Waals surface area contributed by atoms with Gasteiger partial charge in [-0.1, -0.05) is 6.92 Å². The van der Waals surface area contributed by atoms with Gasteiger partial charge in [0.2, 0.25) is 5.91 Å². The molecule has 2 amide bonds. The Morgan fingerprint density at radius 2 is 1.94 bits per heavy atom. The Morgan fingerprint density at radius 3 is 2.56 bits per heavy atom. The van der Waals surface area contributed by atoms with Crippen molar-refractivity contribution in [2.24, 2.45) is 5.73 Å². The highest BCUT2D eigenvalue weighted by Crippen LogP contribution is 2.29. The van der Waals surface area contributed by atoms with Crippen molar-refractivity contribution in [3.05, 3.63) is 35.2 Å². The largest absolute Gasteiger partial charge is 0.497 e. The average molecular weight is 470 g/mol. The highest BCUT2D eigenvalue weighted by Gasteiger charge is 2.23. The quantitative estimate of drug-likeness (QED) is 0.391. The molecule has 1 saturated heterocycles. The lowest BCUT2D eigenvalue weighted by atomic mass is 10.1. The fourth-order valence-corrected chi connectivity index (χ4v) is 3.89. The number of nitrogens with one attached hydrogen (secondary N) is 3. The number of rotatable bonds is 11. The number of primary amides is 1. The summed E-state index contributed by atoms with van der Waals surface area (Å²) in [4.78, 5) is 35.8. The smallest absolute Gasteiger partial charge is 0.271 e. The summed E-state index contributed by atoms with van der Waals surface area (Å²) in [5.74, 6) is 1.06. The molecule has 34 heavy (non-hydrogen) atoms. The molecule has 0 spiro atoms. The van der Waals surface area contributed by atoms with Crippen molar-refractivity contribution < 1.29 is 14.3 Å². The number of amides is 2. The molecule has 0 bridgehead atoms. The molecule has 10 nitrogen and oxygen atoms in total. The van der Waals surface area contributed by atoms with E-state index in [4.69, 9.17) is 15.5 Å². The summed E-state index contributed by atoms with van der Waals surface area (Å²) < 4.78 is 5.46. The molecule has 1 aliphatic rings. The molecule has 184 valence electrons. The topological polar surface area (TPSA) is 134 Å². The van der Waals surface area contributed by atoms with Crippen LogP contribution in [0.5, 0.6) is 5.75 Å². The molecule has 0 radical (unpaired) electrons. The zero-order valence-corrected chi connectivity index (χ0v) is 20.4. The van der Waals surface area contributed by atoms with E-state index in [1.54, 1.807) is 21.1 Å². The summed E-state index contributed by atoms with van der Waals surface area (Å²) >= 11 is 0. The molecule has 1 atom stereocenters. The van der Waals surface area contributed by atoms with Crippen LogP contribution in [-0.2, 0) is 17.6 Å². The summed E-state index contributed by atoms with van der Waals surface area (Å²) in [5.41, 5.74) is 8.17. The first-order valence-electron chi connectivity index (χ1n) is 11.7. The van der Waals surface area contributed by atoms with Gasteiger partial charge < -0.3 is 31.3 Å². The molecule has 1 aromatic heterocycles. The predicted octanol–water partition coefficient (Wildman–Crippen LogP) is 1.76. The Labute approximate surface area is 200 Å². The normalized spacial score (nSPS) is 14.1. The van der Waals surface area contributed by atoms with Crippen molar-refractivity contribution in [3.63, 3.8) is 0 Å². The van der Waals surface area contributed by atoms with Gasteiger partial charge in [-0.25, -0.2) is 9.97 Å². The molecule has 2 heterocycles. The number of hydrogen-bond acceptors (Lipinski definition) is 8. The summed E-state index contributed by atoms with van der Waals surface area (Å²) in [7, 11) is 3.34. The van der Waals surface area contributed by atoms with Gasteiger partial charge in [-0.3, -0.25) is 9.59 Å². The first-order valence-corrected chi connectivity index (χ1v) is 11.7. The fraction of sp³-hybridized carbons (Fsp3) is 0.500. The number of aryl methyl sites for hydroxylation is 1. The zero-order chi connectivity index (χ0) is 24.7. The van der Waals surface area contributed by atoms with E-state index in [0.29, 0.717) is 36.6 Å². The minimum Gasteiger partial charge on any atom is -0.497 e. The van der Waals surface area contributed by atoms with Gasteiger partial charge >= 0.3 is 0 Å². The zero-order valence-electron chi connectivity index (χ0n) is 20.4. The lowest BCUT2D eigenvalue weighted by Gasteiger charge is -2.21. The van der Waals surface area contributed by atoms with Crippen LogP contribution < -0.4 is 31.3 Å². The molecule has 10 heteroatoms. The molecular weight excluding hydrogens is 434 g/mol. The summed E-state index contributed by atoms with van der Waals surface area (Å²) in [5, 5.41) is 9.06. The number of nitrogens with two attached hydrogens (primary N) is 1. The third-order valence-electron chi connectivity index (χ3n) is 5.92. The van der Waals surface area contributed by atoms with Gasteiger partial charge in [0.25, 0.3) is 5.91 Å². The summed E-state index contributed by atoms with van der Waals surface area (Å²) in [6.45, 7) is 6.11. The maximum Gasteiger partial charge on any atom is 0.271 e. The number of carbonyl (C=O) groups is 2. The van der Waals surface area contributed by atoms with E-state index < -0.39 is 5.91 Å². The predicted molar refractivity (Wildman–Crippen MR) is 133 cm³/mol. The monoisotopic (exact) mass is 469 g/mol. The maximum absolute atomic E-state index is 12.2. The molecule has 1 aromatic carbocycles. The van der Waals surface area contributed by atoms with Crippen LogP contribution in [0.25, 0.3) is 0 Å². The van der Waals surface area contributed by atoms with Crippen LogP contribution in [0.3, 0.4) is 0 Å². The number of methoxy groups -OCH3 is 1. The first kappa shape index (κ1) is 25.2. The number of likely N-dealkylation sites (N-methyl/N-ethyl adjacent to an activating group) is 1. The Hall–Kier alpha value is -3.40. The molecule has 5 N–H and O–H groups in total. The van der Waals surface area contributed by atoms with Gasteiger partial charge in [-0.15, -0.1) is 0 Å². The van der Waals surface area contributed by atoms with Crippen molar-refractivity contribution >= 4 is 29.1 Å². The van der Waals surface area contributed by atoms with Crippen molar-refractivity contribution in [1.82, 2.24) is 20.6 Å². The lowest BCUT2D eigenvalue weighted by molar-refractivity contribution is -0.122. The molecule has 1 unspecified atom stereocenters. The Kier molecular flexibility index (Phi) is 8.64. The van der Waals surface area contributed by atoms with Gasteiger partial charge in [0.15, 0.2) is 17.3 Å². The number of ether oxygens (including phenoxy) is 1. The molecule has 0 aliphatic carbocycles. The number of carbonyl (C=O) groups excluding carboxylic acids is 2. The van der Waals surface area contributed by atoms with Crippen molar-refractivity contribution in [3.8, 4) is 5.75 Å². The van der Waals surface area contributed by atoms with Gasteiger partial charge in [-0.05, 0) is 57.4 Å². The molecular formula is C24H35N7O3. The highest BCUT2D eigenvalue weighted by atomic mass is 16.5. The second-order valence-corrected chi connectivity index (χ2v) is 8.35. The summed E-state index contributed by atoms with van der Waals surface area (Å²) in [6.07, 6.45) is 3.47. The standard InChI is InChI=1S/C24H35N7O3/c1-5-19-23(31-10-6-7-11-31)30-22(20(29-19)21(25)32)28-17-12-16(13-18(14-17)34-4)8-9-27-24(33)15(2)26-3/h12-15,26H,5-11H2,1-4H3,(H2,25,32)(H,27,33)(H,28,30). The van der Waals surface area contributed by atoms with Crippen LogP contribution in [0.4, 0.5) is 17.3 Å². The third-order valence-corrected chi connectivity index (χ3v) is 5.92. The number of aromatic nitrogens is 2. The first-order chi connectivity index (χ1) is 16.4. The summed E-state index contributed by atoms with van der Waals surface area (Å²) in [6, 6.07) is 5.41. The van der Waals surface area contributed by atoms with Crippen LogP contribution in [-0.4, -0.2) is 61.6 Å². The molecule has 0 saturated carbocycles. The van der Waals surface area contributed by atoms with E-state index in [-0.39, 0.29) is 17.6 Å². The lowest BCUT2D eigenvalue weighted by Crippen LogP contribution is -2.41. The number of hydrogen-bond donors (Lipinski definition) is 4. The van der Waals surface area contributed by atoms with Gasteiger partial charge in [0.1, 0.15) is 5.75 Å². The van der Waals surface area contributed by atoms with E-state index in [9.17, 15) is 9.59 Å². The van der Waals surface area contributed by atoms with E-state index in [0.717, 1.165) is 43.0 Å². The van der Waals surface area contributed by atoms with Crippen LogP contribution >= 0.6 is 0 Å². The van der Waals surface area contributed by atoms with Crippen LogP contribution in [0.15, 0.2) is 18.2 Å². The van der Waals surface area contributed by atoms with Crippen LogP contribution in [0, 0.1) is 0 Å². The molecule has 1 fully saturated rings. The second kappa shape index (κ2) is 11.6. The fourth-order valence-electron chi connectivity index (χ4n) is 3.89. The van der Waals surface area contributed by atoms with E-state index in [1.807, 2.05) is 25.1 Å². The van der Waals surface area contributed by atoms with Gasteiger partial charge in [0.05, 0.1) is 18.8 Å². The number of nitrogens with zero attached hydrogens (tertiary/aromatic N) is 3. The number of benzene rings is 1. The van der Waals surface area contributed by atoms with Gasteiger partial charge in [-0.2, -0.15) is 0 Å². The van der Waals surface area contributed by atoms with Crippen LogP contribution in [0.2, 0.25) is 0 Å². The second-order valence-electron chi connectivity index (χ2n) is 8.35. The molecule has 3 rings (SSSR count). The minimum atomic E-state index is -0.637. The van der Waals surface area contributed by atoms with E-state index in [1.165, 1.54) is 0 Å². The Bertz CT molecular complexity index is 1020. The van der Waals surface area contributed by atoms with E-state index >= 15 is 0 Å².